The monoisotopic (exact) mass is 347 g/mol. The van der Waals surface area contributed by atoms with E-state index in [0.717, 1.165) is 36.0 Å². The van der Waals surface area contributed by atoms with Gasteiger partial charge in [-0.1, -0.05) is 48.9 Å². The van der Waals surface area contributed by atoms with Crippen molar-refractivity contribution >= 4 is 29.1 Å². The minimum absolute atomic E-state index is 0. The fourth-order valence-corrected chi connectivity index (χ4v) is 3.63. The van der Waals surface area contributed by atoms with E-state index in [1.54, 1.807) is 0 Å². The fraction of sp³-hybridized carbons (Fsp3) is 0.450. The Morgan fingerprint density at radius 1 is 1.08 bits per heavy atom. The van der Waals surface area contributed by atoms with Gasteiger partial charge in [0, 0.05) is 0 Å². The first-order chi connectivity index (χ1) is 11.1. The SMILES string of the molecule is CC(CCN1CCCCC1)(C(=O)O)c1cccc2ccccc12.Cl. The quantitative estimate of drug-likeness (QED) is 0.866. The van der Waals surface area contributed by atoms with E-state index >= 15 is 0 Å². The zero-order chi connectivity index (χ0) is 16.3. The van der Waals surface area contributed by atoms with Crippen LogP contribution >= 0.6 is 12.4 Å². The van der Waals surface area contributed by atoms with Crippen LogP contribution in [-0.2, 0) is 10.2 Å². The van der Waals surface area contributed by atoms with Gasteiger partial charge in [-0.3, -0.25) is 4.79 Å². The van der Waals surface area contributed by atoms with Crippen LogP contribution in [0, 0.1) is 0 Å². The first-order valence-corrected chi connectivity index (χ1v) is 8.55. The van der Waals surface area contributed by atoms with Crippen molar-refractivity contribution in [2.75, 3.05) is 19.6 Å². The maximum atomic E-state index is 12.1. The molecule has 1 unspecified atom stereocenters. The summed E-state index contributed by atoms with van der Waals surface area (Å²) < 4.78 is 0. The first kappa shape index (κ1) is 18.8. The summed E-state index contributed by atoms with van der Waals surface area (Å²) in [6.45, 7) is 4.93. The van der Waals surface area contributed by atoms with Crippen molar-refractivity contribution in [3.63, 3.8) is 0 Å². The summed E-state index contributed by atoms with van der Waals surface area (Å²) in [5.41, 5.74) is 0.0818. The normalized spacial score (nSPS) is 17.9. The van der Waals surface area contributed by atoms with Crippen LogP contribution in [0.5, 0.6) is 0 Å². The van der Waals surface area contributed by atoms with Crippen LogP contribution in [0.4, 0.5) is 0 Å². The lowest BCUT2D eigenvalue weighted by molar-refractivity contribution is -0.143. The zero-order valence-electron chi connectivity index (χ0n) is 14.2. The van der Waals surface area contributed by atoms with Gasteiger partial charge < -0.3 is 10.0 Å². The number of aliphatic carboxylic acids is 1. The van der Waals surface area contributed by atoms with E-state index in [1.165, 1.54) is 19.3 Å². The van der Waals surface area contributed by atoms with E-state index in [2.05, 4.69) is 4.90 Å². The average Bonchev–Trinajstić information content (AvgIpc) is 2.60. The molecule has 0 spiro atoms. The number of piperidine rings is 1. The van der Waals surface area contributed by atoms with Gasteiger partial charge in [0.15, 0.2) is 0 Å². The van der Waals surface area contributed by atoms with Crippen molar-refractivity contribution < 1.29 is 9.90 Å². The molecule has 2 aromatic carbocycles. The summed E-state index contributed by atoms with van der Waals surface area (Å²) in [6.07, 6.45) is 4.42. The molecule has 0 aromatic heterocycles. The highest BCUT2D eigenvalue weighted by Gasteiger charge is 2.36. The van der Waals surface area contributed by atoms with Gasteiger partial charge in [-0.25, -0.2) is 0 Å². The second-order valence-electron chi connectivity index (χ2n) is 6.82. The summed E-state index contributed by atoms with van der Waals surface area (Å²) in [4.78, 5) is 14.5. The Bertz CT molecular complexity index is 692. The lowest BCUT2D eigenvalue weighted by atomic mass is 9.77. The van der Waals surface area contributed by atoms with Crippen LogP contribution in [0.1, 0.15) is 38.2 Å². The smallest absolute Gasteiger partial charge is 0.313 e. The van der Waals surface area contributed by atoms with Gasteiger partial charge in [0.25, 0.3) is 0 Å². The van der Waals surface area contributed by atoms with Crippen molar-refractivity contribution in [1.82, 2.24) is 4.90 Å². The third-order valence-corrected chi connectivity index (χ3v) is 5.23. The Morgan fingerprint density at radius 3 is 2.46 bits per heavy atom. The molecule has 1 aliphatic heterocycles. The van der Waals surface area contributed by atoms with Crippen LogP contribution in [-0.4, -0.2) is 35.6 Å². The number of rotatable bonds is 5. The number of halogens is 1. The van der Waals surface area contributed by atoms with E-state index in [9.17, 15) is 9.90 Å². The molecule has 1 saturated heterocycles. The minimum Gasteiger partial charge on any atom is -0.481 e. The lowest BCUT2D eigenvalue weighted by Gasteiger charge is -2.32. The molecule has 0 radical (unpaired) electrons. The third-order valence-electron chi connectivity index (χ3n) is 5.23. The number of benzene rings is 2. The molecule has 3 rings (SSSR count). The minimum atomic E-state index is -0.849. The third kappa shape index (κ3) is 3.73. The van der Waals surface area contributed by atoms with Crippen molar-refractivity contribution in [2.45, 2.75) is 38.0 Å². The molecule has 24 heavy (non-hydrogen) atoms. The summed E-state index contributed by atoms with van der Waals surface area (Å²) in [5, 5.41) is 12.1. The summed E-state index contributed by atoms with van der Waals surface area (Å²) in [7, 11) is 0. The van der Waals surface area contributed by atoms with Gasteiger partial charge in [-0.2, -0.15) is 0 Å². The first-order valence-electron chi connectivity index (χ1n) is 8.55. The van der Waals surface area contributed by atoms with Crippen LogP contribution in [0.2, 0.25) is 0 Å². The number of carboxylic acids is 1. The number of hydrogen-bond donors (Lipinski definition) is 1. The molecule has 1 fully saturated rings. The highest BCUT2D eigenvalue weighted by Crippen LogP contribution is 2.34. The second kappa shape index (κ2) is 8.00. The van der Waals surface area contributed by atoms with Gasteiger partial charge in [0.1, 0.15) is 0 Å². The number of likely N-dealkylation sites (tertiary alicyclic amines) is 1. The van der Waals surface area contributed by atoms with E-state index < -0.39 is 11.4 Å². The molecule has 3 nitrogen and oxygen atoms in total. The van der Waals surface area contributed by atoms with E-state index in [0.29, 0.717) is 6.42 Å². The van der Waals surface area contributed by atoms with Gasteiger partial charge in [-0.05, 0) is 62.2 Å². The molecule has 2 aromatic rings. The molecule has 1 N–H and O–H groups in total. The topological polar surface area (TPSA) is 40.5 Å². The maximum absolute atomic E-state index is 12.1. The van der Waals surface area contributed by atoms with Gasteiger partial charge in [0.05, 0.1) is 5.41 Å². The molecule has 1 atom stereocenters. The summed E-state index contributed by atoms with van der Waals surface area (Å²) in [5.74, 6) is -0.731. The Labute approximate surface area is 150 Å². The molecule has 0 amide bonds. The number of fused-ring (bicyclic) bond motifs is 1. The van der Waals surface area contributed by atoms with E-state index in [1.807, 2.05) is 49.4 Å². The molecule has 130 valence electrons. The van der Waals surface area contributed by atoms with Crippen LogP contribution < -0.4 is 0 Å². The molecule has 0 bridgehead atoms. The number of nitrogens with zero attached hydrogens (tertiary/aromatic N) is 1. The van der Waals surface area contributed by atoms with Gasteiger partial charge >= 0.3 is 5.97 Å². The molecule has 1 aliphatic rings. The van der Waals surface area contributed by atoms with Crippen LogP contribution in [0.15, 0.2) is 42.5 Å². The van der Waals surface area contributed by atoms with Crippen LogP contribution in [0.3, 0.4) is 0 Å². The molecule has 4 heteroatoms. The summed E-state index contributed by atoms with van der Waals surface area (Å²) >= 11 is 0. The standard InChI is InChI=1S/C20H25NO2.ClH/c1-20(19(22)23,12-15-21-13-5-2-6-14-21)18-11-7-9-16-8-3-4-10-17(16)18;/h3-4,7-11H,2,5-6,12-15H2,1H3,(H,22,23);1H. The van der Waals surface area contributed by atoms with E-state index in [4.69, 9.17) is 0 Å². The maximum Gasteiger partial charge on any atom is 0.313 e. The van der Waals surface area contributed by atoms with E-state index in [-0.39, 0.29) is 12.4 Å². The molecular weight excluding hydrogens is 322 g/mol. The largest absolute Gasteiger partial charge is 0.481 e. The highest BCUT2D eigenvalue weighted by molar-refractivity contribution is 5.92. The average molecular weight is 348 g/mol. The van der Waals surface area contributed by atoms with Crippen molar-refractivity contribution in [3.8, 4) is 0 Å². The molecule has 1 heterocycles. The number of carbonyl (C=O) groups is 1. The van der Waals surface area contributed by atoms with Gasteiger partial charge in [-0.15, -0.1) is 12.4 Å². The Kier molecular flexibility index (Phi) is 6.25. The highest BCUT2D eigenvalue weighted by atomic mass is 35.5. The Balaban J connectivity index is 0.00000208. The Morgan fingerprint density at radius 2 is 1.75 bits per heavy atom. The fourth-order valence-electron chi connectivity index (χ4n) is 3.63. The molecule has 0 saturated carbocycles. The lowest BCUT2D eigenvalue weighted by Crippen LogP contribution is -2.39. The number of carboxylic acid groups (broad SMARTS) is 1. The molecular formula is C20H26ClNO2. The van der Waals surface area contributed by atoms with Crippen LogP contribution in [0.25, 0.3) is 10.8 Å². The predicted octanol–water partition coefficient (Wildman–Crippen LogP) is 4.48. The van der Waals surface area contributed by atoms with Crippen molar-refractivity contribution in [2.24, 2.45) is 0 Å². The molecule has 0 aliphatic carbocycles. The number of hydrogen-bond acceptors (Lipinski definition) is 2. The predicted molar refractivity (Wildman–Crippen MR) is 101 cm³/mol. The summed E-state index contributed by atoms with van der Waals surface area (Å²) in [6, 6.07) is 14.1. The van der Waals surface area contributed by atoms with Gasteiger partial charge in [0.2, 0.25) is 0 Å². The Hall–Kier alpha value is -1.58. The van der Waals surface area contributed by atoms with Crippen molar-refractivity contribution in [3.05, 3.63) is 48.0 Å². The second-order valence-corrected chi connectivity index (χ2v) is 6.82. The van der Waals surface area contributed by atoms with Crippen molar-refractivity contribution in [1.29, 1.82) is 0 Å². The zero-order valence-corrected chi connectivity index (χ0v) is 15.0.